The first-order valence-corrected chi connectivity index (χ1v) is 7.70. The van der Waals surface area contributed by atoms with Crippen LogP contribution in [0.25, 0.3) is 0 Å². The van der Waals surface area contributed by atoms with Crippen molar-refractivity contribution in [2.24, 2.45) is 5.92 Å². The summed E-state index contributed by atoms with van der Waals surface area (Å²) in [5.41, 5.74) is 0. The number of nitrogens with one attached hydrogen (secondary N) is 1. The van der Waals surface area contributed by atoms with E-state index in [9.17, 15) is 5.11 Å². The molecule has 114 valence electrons. The van der Waals surface area contributed by atoms with Crippen LogP contribution in [0.5, 0.6) is 0 Å². The van der Waals surface area contributed by atoms with E-state index < -0.39 is 6.10 Å². The van der Waals surface area contributed by atoms with Crippen molar-refractivity contribution >= 4 is 0 Å². The lowest BCUT2D eigenvalue weighted by molar-refractivity contribution is -0.0283. The lowest BCUT2D eigenvalue weighted by Gasteiger charge is -2.27. The zero-order chi connectivity index (χ0) is 14.1. The Labute approximate surface area is 117 Å². The SMILES string of the molecule is CC1CCC(OCC(O)CNCCOC(C)C)CC1. The van der Waals surface area contributed by atoms with Gasteiger partial charge in [-0.15, -0.1) is 0 Å². The minimum Gasteiger partial charge on any atom is -0.389 e. The van der Waals surface area contributed by atoms with E-state index in [0.29, 0.717) is 25.9 Å². The van der Waals surface area contributed by atoms with E-state index in [0.717, 1.165) is 25.3 Å². The van der Waals surface area contributed by atoms with Crippen molar-refractivity contribution < 1.29 is 14.6 Å². The standard InChI is InChI=1S/C15H31NO3/c1-12(2)18-9-8-16-10-14(17)11-19-15-6-4-13(3)5-7-15/h12-17H,4-11H2,1-3H3. The van der Waals surface area contributed by atoms with Crippen molar-refractivity contribution in [1.82, 2.24) is 5.32 Å². The predicted molar refractivity (Wildman–Crippen MR) is 77.3 cm³/mol. The Morgan fingerprint density at radius 3 is 2.53 bits per heavy atom. The summed E-state index contributed by atoms with van der Waals surface area (Å²) in [7, 11) is 0. The van der Waals surface area contributed by atoms with Gasteiger partial charge in [0.2, 0.25) is 0 Å². The molecule has 0 aliphatic heterocycles. The first-order chi connectivity index (χ1) is 9.08. The van der Waals surface area contributed by atoms with E-state index in [2.05, 4.69) is 12.2 Å². The molecule has 1 aliphatic rings. The fourth-order valence-corrected chi connectivity index (χ4v) is 2.34. The molecule has 0 aromatic rings. The monoisotopic (exact) mass is 273 g/mol. The van der Waals surface area contributed by atoms with Crippen LogP contribution in [-0.2, 0) is 9.47 Å². The Morgan fingerprint density at radius 2 is 1.89 bits per heavy atom. The van der Waals surface area contributed by atoms with E-state index in [1.807, 2.05) is 13.8 Å². The van der Waals surface area contributed by atoms with Gasteiger partial charge in [0.25, 0.3) is 0 Å². The minimum absolute atomic E-state index is 0.267. The third-order valence-electron chi connectivity index (χ3n) is 3.60. The van der Waals surface area contributed by atoms with Gasteiger partial charge in [-0.05, 0) is 45.4 Å². The highest BCUT2D eigenvalue weighted by Gasteiger charge is 2.19. The molecule has 0 spiro atoms. The van der Waals surface area contributed by atoms with Gasteiger partial charge in [0, 0.05) is 13.1 Å². The lowest BCUT2D eigenvalue weighted by atomic mass is 9.89. The number of hydrogen-bond donors (Lipinski definition) is 2. The summed E-state index contributed by atoms with van der Waals surface area (Å²) in [6, 6.07) is 0. The van der Waals surface area contributed by atoms with E-state index in [1.54, 1.807) is 0 Å². The largest absolute Gasteiger partial charge is 0.389 e. The molecule has 0 heterocycles. The Balaban J connectivity index is 1.94. The average molecular weight is 273 g/mol. The molecule has 0 amide bonds. The summed E-state index contributed by atoms with van der Waals surface area (Å²) in [6.45, 7) is 8.82. The zero-order valence-corrected chi connectivity index (χ0v) is 12.7. The highest BCUT2D eigenvalue weighted by atomic mass is 16.5. The van der Waals surface area contributed by atoms with Gasteiger partial charge in [0.05, 0.1) is 31.5 Å². The van der Waals surface area contributed by atoms with Crippen LogP contribution in [0.4, 0.5) is 0 Å². The van der Waals surface area contributed by atoms with Gasteiger partial charge in [-0.2, -0.15) is 0 Å². The van der Waals surface area contributed by atoms with Crippen LogP contribution < -0.4 is 5.32 Å². The normalized spacial score (nSPS) is 25.7. The van der Waals surface area contributed by atoms with Crippen LogP contribution >= 0.6 is 0 Å². The molecule has 19 heavy (non-hydrogen) atoms. The Morgan fingerprint density at radius 1 is 1.21 bits per heavy atom. The molecule has 0 saturated heterocycles. The topological polar surface area (TPSA) is 50.7 Å². The summed E-state index contributed by atoms with van der Waals surface area (Å²) in [5, 5.41) is 13.0. The van der Waals surface area contributed by atoms with Crippen LogP contribution in [-0.4, -0.2) is 49.7 Å². The van der Waals surface area contributed by atoms with E-state index >= 15 is 0 Å². The molecule has 0 aromatic carbocycles. The summed E-state index contributed by atoms with van der Waals surface area (Å²) in [6.07, 6.45) is 5.00. The van der Waals surface area contributed by atoms with Gasteiger partial charge in [-0.1, -0.05) is 6.92 Å². The smallest absolute Gasteiger partial charge is 0.0897 e. The van der Waals surface area contributed by atoms with Crippen molar-refractivity contribution in [3.63, 3.8) is 0 Å². The molecule has 1 rings (SSSR count). The van der Waals surface area contributed by atoms with Gasteiger partial charge in [-0.3, -0.25) is 0 Å². The number of ether oxygens (including phenoxy) is 2. The lowest BCUT2D eigenvalue weighted by Crippen LogP contribution is -2.34. The van der Waals surface area contributed by atoms with E-state index in [1.165, 1.54) is 12.8 Å². The third kappa shape index (κ3) is 8.58. The Bertz CT molecular complexity index is 215. The maximum Gasteiger partial charge on any atom is 0.0897 e. The highest BCUT2D eigenvalue weighted by Crippen LogP contribution is 2.25. The maximum atomic E-state index is 9.81. The van der Waals surface area contributed by atoms with Crippen LogP contribution in [0.3, 0.4) is 0 Å². The third-order valence-corrected chi connectivity index (χ3v) is 3.60. The second-order valence-corrected chi connectivity index (χ2v) is 5.99. The average Bonchev–Trinajstić information content (AvgIpc) is 2.37. The van der Waals surface area contributed by atoms with Gasteiger partial charge in [-0.25, -0.2) is 0 Å². The van der Waals surface area contributed by atoms with Gasteiger partial charge < -0.3 is 19.9 Å². The van der Waals surface area contributed by atoms with Crippen molar-refractivity contribution in [2.75, 3.05) is 26.3 Å². The van der Waals surface area contributed by atoms with E-state index in [4.69, 9.17) is 9.47 Å². The number of aliphatic hydroxyl groups excluding tert-OH is 1. The second-order valence-electron chi connectivity index (χ2n) is 5.99. The molecule has 2 N–H and O–H groups in total. The summed E-state index contributed by atoms with van der Waals surface area (Å²) in [5.74, 6) is 0.840. The fraction of sp³-hybridized carbons (Fsp3) is 1.00. The van der Waals surface area contributed by atoms with Crippen molar-refractivity contribution in [2.45, 2.75) is 64.8 Å². The van der Waals surface area contributed by atoms with Crippen molar-refractivity contribution in [1.29, 1.82) is 0 Å². The highest BCUT2D eigenvalue weighted by molar-refractivity contribution is 4.71. The Kier molecular flexibility index (Phi) is 8.62. The molecule has 0 aromatic heterocycles. The molecule has 4 heteroatoms. The molecule has 1 unspecified atom stereocenters. The molecule has 1 atom stereocenters. The summed E-state index contributed by atoms with van der Waals surface area (Å²) in [4.78, 5) is 0. The Hall–Kier alpha value is -0.160. The number of rotatable bonds is 9. The molecule has 0 bridgehead atoms. The molecule has 4 nitrogen and oxygen atoms in total. The van der Waals surface area contributed by atoms with Crippen LogP contribution in [0, 0.1) is 5.92 Å². The molecule has 1 fully saturated rings. The van der Waals surface area contributed by atoms with Gasteiger partial charge >= 0.3 is 0 Å². The first kappa shape index (κ1) is 16.9. The fourth-order valence-electron chi connectivity index (χ4n) is 2.34. The maximum absolute atomic E-state index is 9.81. The van der Waals surface area contributed by atoms with Gasteiger partial charge in [0.1, 0.15) is 0 Å². The zero-order valence-electron chi connectivity index (χ0n) is 12.7. The van der Waals surface area contributed by atoms with Crippen LogP contribution in [0.15, 0.2) is 0 Å². The molecular formula is C15H31NO3. The quantitative estimate of drug-likeness (QED) is 0.631. The summed E-state index contributed by atoms with van der Waals surface area (Å²) < 4.78 is 11.2. The van der Waals surface area contributed by atoms with Crippen LogP contribution in [0.2, 0.25) is 0 Å². The van der Waals surface area contributed by atoms with E-state index in [-0.39, 0.29) is 6.10 Å². The van der Waals surface area contributed by atoms with Crippen LogP contribution in [0.1, 0.15) is 46.5 Å². The second kappa shape index (κ2) is 9.70. The molecule has 1 saturated carbocycles. The van der Waals surface area contributed by atoms with Crippen molar-refractivity contribution in [3.05, 3.63) is 0 Å². The first-order valence-electron chi connectivity index (χ1n) is 7.70. The van der Waals surface area contributed by atoms with Crippen molar-refractivity contribution in [3.8, 4) is 0 Å². The number of aliphatic hydroxyl groups is 1. The number of hydrogen-bond acceptors (Lipinski definition) is 4. The molecular weight excluding hydrogens is 242 g/mol. The minimum atomic E-state index is -0.418. The van der Waals surface area contributed by atoms with Gasteiger partial charge in [0.15, 0.2) is 0 Å². The predicted octanol–water partition coefficient (Wildman–Crippen LogP) is 1.96. The summed E-state index contributed by atoms with van der Waals surface area (Å²) >= 11 is 0. The molecule has 0 radical (unpaired) electrons. The molecule has 1 aliphatic carbocycles.